The molecule has 1 aromatic heterocycles. The zero-order chi connectivity index (χ0) is 17.5. The Morgan fingerprint density at radius 2 is 1.56 bits per heavy atom. The van der Waals surface area contributed by atoms with E-state index in [1.807, 2.05) is 30.3 Å². The van der Waals surface area contributed by atoms with E-state index in [0.29, 0.717) is 30.2 Å². The van der Waals surface area contributed by atoms with Gasteiger partial charge in [0.15, 0.2) is 11.6 Å². The van der Waals surface area contributed by atoms with Gasteiger partial charge in [0.1, 0.15) is 5.82 Å². The standard InChI is InChI=1S/C19H17FN4O/c20-15-7-9-16(10-8-15)21-17-11-12-18(24-23-17)22-19(25)13-6-14-4-2-1-3-5-14/h1-5,7-12H,6,13H2,(H,21,23)(H,22,24,25). The minimum absolute atomic E-state index is 0.114. The maximum Gasteiger partial charge on any atom is 0.225 e. The van der Waals surface area contributed by atoms with Crippen LogP contribution < -0.4 is 10.6 Å². The molecule has 0 aliphatic carbocycles. The van der Waals surface area contributed by atoms with Crippen molar-refractivity contribution in [1.29, 1.82) is 0 Å². The summed E-state index contributed by atoms with van der Waals surface area (Å²) in [4.78, 5) is 12.0. The van der Waals surface area contributed by atoms with E-state index in [9.17, 15) is 9.18 Å². The molecule has 126 valence electrons. The van der Waals surface area contributed by atoms with Crippen LogP contribution in [0.5, 0.6) is 0 Å². The predicted octanol–water partition coefficient (Wildman–Crippen LogP) is 3.93. The summed E-state index contributed by atoms with van der Waals surface area (Å²) < 4.78 is 12.9. The van der Waals surface area contributed by atoms with E-state index in [1.165, 1.54) is 12.1 Å². The van der Waals surface area contributed by atoms with Crippen LogP contribution in [-0.2, 0) is 11.2 Å². The van der Waals surface area contributed by atoms with Gasteiger partial charge in [-0.25, -0.2) is 4.39 Å². The molecule has 2 aromatic carbocycles. The molecule has 1 heterocycles. The van der Waals surface area contributed by atoms with Crippen LogP contribution in [0.4, 0.5) is 21.7 Å². The molecule has 0 atom stereocenters. The quantitative estimate of drug-likeness (QED) is 0.716. The molecular weight excluding hydrogens is 319 g/mol. The van der Waals surface area contributed by atoms with Gasteiger partial charge in [-0.05, 0) is 48.4 Å². The molecule has 0 unspecified atom stereocenters. The number of nitrogens with zero attached hydrogens (tertiary/aromatic N) is 2. The zero-order valence-corrected chi connectivity index (χ0v) is 13.4. The van der Waals surface area contributed by atoms with Crippen LogP contribution >= 0.6 is 0 Å². The minimum atomic E-state index is -0.301. The fourth-order valence-electron chi connectivity index (χ4n) is 2.25. The van der Waals surface area contributed by atoms with Crippen LogP contribution in [0, 0.1) is 5.82 Å². The molecule has 0 aliphatic heterocycles. The maximum absolute atomic E-state index is 12.9. The van der Waals surface area contributed by atoms with Gasteiger partial charge in [0, 0.05) is 12.1 Å². The first-order chi connectivity index (χ1) is 12.2. The summed E-state index contributed by atoms with van der Waals surface area (Å²) in [5, 5.41) is 13.7. The molecule has 25 heavy (non-hydrogen) atoms. The highest BCUT2D eigenvalue weighted by molar-refractivity contribution is 5.89. The summed E-state index contributed by atoms with van der Waals surface area (Å²) in [5.74, 6) is 0.485. The van der Waals surface area contributed by atoms with Crippen LogP contribution in [0.2, 0.25) is 0 Å². The topological polar surface area (TPSA) is 66.9 Å². The third kappa shape index (κ3) is 5.10. The van der Waals surface area contributed by atoms with Gasteiger partial charge in [0.2, 0.25) is 5.91 Å². The lowest BCUT2D eigenvalue weighted by molar-refractivity contribution is -0.116. The predicted molar refractivity (Wildman–Crippen MR) is 95.1 cm³/mol. The Hall–Kier alpha value is -3.28. The van der Waals surface area contributed by atoms with Gasteiger partial charge in [-0.3, -0.25) is 4.79 Å². The SMILES string of the molecule is O=C(CCc1ccccc1)Nc1ccc(Nc2ccc(F)cc2)nn1. The Bertz CT molecular complexity index is 820. The van der Waals surface area contributed by atoms with Crippen molar-refractivity contribution in [1.82, 2.24) is 10.2 Å². The van der Waals surface area contributed by atoms with Crippen molar-refractivity contribution in [2.24, 2.45) is 0 Å². The lowest BCUT2D eigenvalue weighted by Gasteiger charge is -2.07. The number of aromatic nitrogens is 2. The number of rotatable bonds is 6. The van der Waals surface area contributed by atoms with E-state index in [4.69, 9.17) is 0 Å². The summed E-state index contributed by atoms with van der Waals surface area (Å²) >= 11 is 0. The average Bonchev–Trinajstić information content (AvgIpc) is 2.64. The number of halogens is 1. The largest absolute Gasteiger partial charge is 0.339 e. The van der Waals surface area contributed by atoms with Crippen molar-refractivity contribution in [3.8, 4) is 0 Å². The first-order valence-corrected chi connectivity index (χ1v) is 7.89. The Labute approximate surface area is 144 Å². The fourth-order valence-corrected chi connectivity index (χ4v) is 2.25. The van der Waals surface area contributed by atoms with Gasteiger partial charge in [-0.2, -0.15) is 0 Å². The molecule has 0 radical (unpaired) electrons. The smallest absolute Gasteiger partial charge is 0.225 e. The van der Waals surface area contributed by atoms with Crippen molar-refractivity contribution in [3.05, 3.63) is 78.1 Å². The molecule has 0 aliphatic rings. The molecule has 5 nitrogen and oxygen atoms in total. The number of amides is 1. The molecule has 0 spiro atoms. The molecule has 0 saturated heterocycles. The lowest BCUT2D eigenvalue weighted by atomic mass is 10.1. The second-order valence-corrected chi connectivity index (χ2v) is 5.47. The third-order valence-corrected chi connectivity index (χ3v) is 3.53. The highest BCUT2D eigenvalue weighted by atomic mass is 19.1. The normalized spacial score (nSPS) is 10.3. The van der Waals surface area contributed by atoms with Gasteiger partial charge in [-0.1, -0.05) is 30.3 Å². The second kappa shape index (κ2) is 8.01. The average molecular weight is 336 g/mol. The second-order valence-electron chi connectivity index (χ2n) is 5.47. The van der Waals surface area contributed by atoms with Crippen LogP contribution in [0.3, 0.4) is 0 Å². The van der Waals surface area contributed by atoms with Crippen LogP contribution in [0.25, 0.3) is 0 Å². The first kappa shape index (κ1) is 16.6. The Kier molecular flexibility index (Phi) is 5.31. The van der Waals surface area contributed by atoms with E-state index in [1.54, 1.807) is 24.3 Å². The number of hydrogen-bond donors (Lipinski definition) is 2. The first-order valence-electron chi connectivity index (χ1n) is 7.89. The summed E-state index contributed by atoms with van der Waals surface area (Å²) in [6.45, 7) is 0. The summed E-state index contributed by atoms with van der Waals surface area (Å²) in [6, 6.07) is 19.1. The summed E-state index contributed by atoms with van der Waals surface area (Å²) in [6.07, 6.45) is 1.05. The molecule has 0 bridgehead atoms. The monoisotopic (exact) mass is 336 g/mol. The van der Waals surface area contributed by atoms with Crippen molar-refractivity contribution < 1.29 is 9.18 Å². The van der Waals surface area contributed by atoms with Crippen molar-refractivity contribution in [3.63, 3.8) is 0 Å². The number of nitrogens with one attached hydrogen (secondary N) is 2. The highest BCUT2D eigenvalue weighted by Crippen LogP contribution is 2.15. The molecule has 6 heteroatoms. The van der Waals surface area contributed by atoms with E-state index in [-0.39, 0.29) is 11.7 Å². The molecule has 1 amide bonds. The van der Waals surface area contributed by atoms with Crippen molar-refractivity contribution in [2.75, 3.05) is 10.6 Å². The summed E-state index contributed by atoms with van der Waals surface area (Å²) in [7, 11) is 0. The van der Waals surface area contributed by atoms with E-state index in [0.717, 1.165) is 5.56 Å². The van der Waals surface area contributed by atoms with Crippen LogP contribution in [0.1, 0.15) is 12.0 Å². The van der Waals surface area contributed by atoms with Gasteiger partial charge in [-0.15, -0.1) is 10.2 Å². The van der Waals surface area contributed by atoms with Gasteiger partial charge >= 0.3 is 0 Å². The van der Waals surface area contributed by atoms with Crippen molar-refractivity contribution >= 4 is 23.2 Å². The molecule has 0 saturated carbocycles. The minimum Gasteiger partial charge on any atom is -0.339 e. The number of carbonyl (C=O) groups is 1. The fraction of sp³-hybridized carbons (Fsp3) is 0.105. The van der Waals surface area contributed by atoms with Crippen LogP contribution in [0.15, 0.2) is 66.7 Å². The summed E-state index contributed by atoms with van der Waals surface area (Å²) in [5.41, 5.74) is 1.82. The number of hydrogen-bond acceptors (Lipinski definition) is 4. The Balaban J connectivity index is 1.51. The third-order valence-electron chi connectivity index (χ3n) is 3.53. The van der Waals surface area contributed by atoms with Gasteiger partial charge in [0.25, 0.3) is 0 Å². The molecule has 3 aromatic rings. The Morgan fingerprint density at radius 1 is 0.880 bits per heavy atom. The molecule has 2 N–H and O–H groups in total. The van der Waals surface area contributed by atoms with E-state index < -0.39 is 0 Å². The van der Waals surface area contributed by atoms with E-state index in [2.05, 4.69) is 20.8 Å². The Morgan fingerprint density at radius 3 is 2.24 bits per heavy atom. The molecule has 0 fully saturated rings. The van der Waals surface area contributed by atoms with Crippen LogP contribution in [-0.4, -0.2) is 16.1 Å². The van der Waals surface area contributed by atoms with Gasteiger partial charge in [0.05, 0.1) is 0 Å². The number of carbonyl (C=O) groups excluding carboxylic acids is 1. The lowest BCUT2D eigenvalue weighted by Crippen LogP contribution is -2.14. The number of benzene rings is 2. The maximum atomic E-state index is 12.9. The van der Waals surface area contributed by atoms with Gasteiger partial charge < -0.3 is 10.6 Å². The number of anilines is 3. The van der Waals surface area contributed by atoms with E-state index >= 15 is 0 Å². The molecule has 3 rings (SSSR count). The molecular formula is C19H17FN4O. The zero-order valence-electron chi connectivity index (χ0n) is 13.4. The highest BCUT2D eigenvalue weighted by Gasteiger charge is 2.05. The number of aryl methyl sites for hydroxylation is 1. The van der Waals surface area contributed by atoms with Crippen molar-refractivity contribution in [2.45, 2.75) is 12.8 Å².